The van der Waals surface area contributed by atoms with Gasteiger partial charge in [0, 0.05) is 6.20 Å². The van der Waals surface area contributed by atoms with E-state index >= 15 is 0 Å². The number of hydrogen-bond donors (Lipinski definition) is 0. The van der Waals surface area contributed by atoms with Crippen molar-refractivity contribution in [1.29, 1.82) is 0 Å². The van der Waals surface area contributed by atoms with Gasteiger partial charge in [-0.05, 0) is 18.6 Å². The number of fused-ring (bicyclic) bond motifs is 1. The fourth-order valence-electron chi connectivity index (χ4n) is 1.59. The molecule has 1 radical (unpaired) electrons. The van der Waals surface area contributed by atoms with E-state index in [1.165, 1.54) is 6.33 Å². The van der Waals surface area contributed by atoms with Crippen LogP contribution in [0.3, 0.4) is 0 Å². The van der Waals surface area contributed by atoms with E-state index in [9.17, 15) is 0 Å². The second-order valence-electron chi connectivity index (χ2n) is 3.32. The third-order valence-electron chi connectivity index (χ3n) is 2.20. The predicted octanol–water partition coefficient (Wildman–Crippen LogP) is 1.02. The van der Waals surface area contributed by atoms with Gasteiger partial charge in [-0.3, -0.25) is 4.40 Å². The van der Waals surface area contributed by atoms with Crippen molar-refractivity contribution in [3.8, 4) is 5.69 Å². The molecule has 0 bridgehead atoms. The maximum atomic E-state index is 4.23. The van der Waals surface area contributed by atoms with Crippen LogP contribution in [0.4, 0.5) is 0 Å². The maximum absolute atomic E-state index is 4.23. The smallest absolute Gasteiger partial charge is 0.163 e. The van der Waals surface area contributed by atoms with Crippen LogP contribution in [0.15, 0.2) is 31.1 Å². The third kappa shape index (κ3) is 1.20. The first kappa shape index (κ1) is 8.16. The van der Waals surface area contributed by atoms with Crippen molar-refractivity contribution < 1.29 is 0 Å². The lowest BCUT2D eigenvalue weighted by Gasteiger charge is -2.04. The van der Waals surface area contributed by atoms with E-state index in [4.69, 9.17) is 0 Å². The number of aromatic nitrogens is 5. The Bertz CT molecular complexity index is 593. The van der Waals surface area contributed by atoms with Crippen molar-refractivity contribution in [2.24, 2.45) is 0 Å². The third-order valence-corrected chi connectivity index (χ3v) is 2.20. The van der Waals surface area contributed by atoms with Crippen LogP contribution >= 0.6 is 0 Å². The molecule has 0 saturated heterocycles. The number of pyridine rings is 1. The second kappa shape index (κ2) is 2.91. The molecule has 0 aliphatic carbocycles. The molecule has 15 heavy (non-hydrogen) atoms. The Hall–Kier alpha value is -2.17. The summed E-state index contributed by atoms with van der Waals surface area (Å²) >= 11 is 0. The molecule has 0 unspecified atom stereocenters. The Morgan fingerprint density at radius 3 is 3.13 bits per heavy atom. The minimum Gasteiger partial charge on any atom is -0.296 e. The highest BCUT2D eigenvalue weighted by Crippen LogP contribution is 2.14. The van der Waals surface area contributed by atoms with E-state index in [1.54, 1.807) is 17.2 Å². The molecule has 0 aliphatic heterocycles. The molecule has 3 rings (SSSR count). The molecule has 5 heteroatoms. The van der Waals surface area contributed by atoms with Gasteiger partial charge in [-0.25, -0.2) is 14.6 Å². The summed E-state index contributed by atoms with van der Waals surface area (Å²) in [5.41, 5.74) is 2.86. The highest BCUT2D eigenvalue weighted by Gasteiger charge is 2.06. The van der Waals surface area contributed by atoms with Gasteiger partial charge in [0.1, 0.15) is 18.3 Å². The SMILES string of the molecule is Cc1cc(-n2cncn2)c2nc[c]n2c1. The van der Waals surface area contributed by atoms with Crippen LogP contribution in [0.1, 0.15) is 5.56 Å². The summed E-state index contributed by atoms with van der Waals surface area (Å²) in [6, 6.07) is 2.02. The summed E-state index contributed by atoms with van der Waals surface area (Å²) in [4.78, 5) is 8.16. The number of imidazole rings is 1. The molecule has 0 atom stereocenters. The molecular weight excluding hydrogens is 190 g/mol. The van der Waals surface area contributed by atoms with Crippen molar-refractivity contribution >= 4 is 5.65 Å². The average Bonchev–Trinajstić information content (AvgIpc) is 2.86. The summed E-state index contributed by atoms with van der Waals surface area (Å²) in [7, 11) is 0. The monoisotopic (exact) mass is 198 g/mol. The van der Waals surface area contributed by atoms with Gasteiger partial charge in [-0.2, -0.15) is 5.10 Å². The topological polar surface area (TPSA) is 48.0 Å². The van der Waals surface area contributed by atoms with Crippen molar-refractivity contribution in [3.05, 3.63) is 42.9 Å². The lowest BCUT2D eigenvalue weighted by atomic mass is 10.3. The number of hydrogen-bond acceptors (Lipinski definition) is 3. The van der Waals surface area contributed by atoms with Gasteiger partial charge in [-0.15, -0.1) is 0 Å². The minimum absolute atomic E-state index is 0.825. The molecule has 0 aromatic carbocycles. The van der Waals surface area contributed by atoms with Gasteiger partial charge in [0.15, 0.2) is 5.65 Å². The molecule has 5 nitrogen and oxygen atoms in total. The molecule has 0 spiro atoms. The van der Waals surface area contributed by atoms with Crippen LogP contribution in [0.25, 0.3) is 11.3 Å². The number of rotatable bonds is 1. The van der Waals surface area contributed by atoms with Gasteiger partial charge in [0.05, 0.1) is 12.4 Å². The second-order valence-corrected chi connectivity index (χ2v) is 3.32. The predicted molar refractivity (Wildman–Crippen MR) is 53.7 cm³/mol. The Balaban J connectivity index is 2.38. The minimum atomic E-state index is 0.825. The fraction of sp³-hybridized carbons (Fsp3) is 0.100. The first-order valence-corrected chi connectivity index (χ1v) is 4.55. The van der Waals surface area contributed by atoms with E-state index in [-0.39, 0.29) is 0 Å². The molecule has 0 saturated carbocycles. The zero-order chi connectivity index (χ0) is 10.3. The quantitative estimate of drug-likeness (QED) is 0.586. The summed E-state index contributed by atoms with van der Waals surface area (Å²) in [6.45, 7) is 2.02. The fourth-order valence-corrected chi connectivity index (χ4v) is 1.59. The van der Waals surface area contributed by atoms with Crippen molar-refractivity contribution in [1.82, 2.24) is 24.1 Å². The molecule has 0 amide bonds. The van der Waals surface area contributed by atoms with E-state index in [0.717, 1.165) is 16.9 Å². The molecule has 3 aromatic heterocycles. The summed E-state index contributed by atoms with van der Waals surface area (Å²) in [6.07, 6.45) is 9.79. The van der Waals surface area contributed by atoms with Gasteiger partial charge in [0.2, 0.25) is 0 Å². The first-order chi connectivity index (χ1) is 7.34. The Morgan fingerprint density at radius 1 is 1.40 bits per heavy atom. The van der Waals surface area contributed by atoms with Crippen LogP contribution in [0.2, 0.25) is 0 Å². The Kier molecular flexibility index (Phi) is 1.58. The zero-order valence-corrected chi connectivity index (χ0v) is 8.12. The average molecular weight is 198 g/mol. The van der Waals surface area contributed by atoms with E-state index in [0.29, 0.717) is 0 Å². The maximum Gasteiger partial charge on any atom is 0.163 e. The first-order valence-electron chi connectivity index (χ1n) is 4.55. The van der Waals surface area contributed by atoms with Crippen LogP contribution in [0, 0.1) is 13.1 Å². The summed E-state index contributed by atoms with van der Waals surface area (Å²) < 4.78 is 3.55. The normalized spacial score (nSPS) is 11.0. The lowest BCUT2D eigenvalue weighted by Crippen LogP contribution is -1.99. The van der Waals surface area contributed by atoms with E-state index < -0.39 is 0 Å². The molecule has 73 valence electrons. The highest BCUT2D eigenvalue weighted by atomic mass is 15.3. The van der Waals surface area contributed by atoms with Gasteiger partial charge >= 0.3 is 0 Å². The van der Waals surface area contributed by atoms with Crippen LogP contribution < -0.4 is 0 Å². The number of aryl methyl sites for hydroxylation is 1. The Labute approximate surface area is 86.0 Å². The van der Waals surface area contributed by atoms with Gasteiger partial charge in [-0.1, -0.05) is 0 Å². The van der Waals surface area contributed by atoms with Gasteiger partial charge < -0.3 is 0 Å². The summed E-state index contributed by atoms with van der Waals surface area (Å²) in [5, 5.41) is 4.10. The van der Waals surface area contributed by atoms with Crippen LogP contribution in [-0.2, 0) is 0 Å². The number of nitrogens with zero attached hydrogens (tertiary/aromatic N) is 5. The molecule has 0 fully saturated rings. The molecule has 0 N–H and O–H groups in total. The molecule has 0 aliphatic rings. The van der Waals surface area contributed by atoms with Crippen molar-refractivity contribution in [2.45, 2.75) is 6.92 Å². The summed E-state index contributed by atoms with van der Waals surface area (Å²) in [5.74, 6) is 0. The van der Waals surface area contributed by atoms with Crippen LogP contribution in [0.5, 0.6) is 0 Å². The highest BCUT2D eigenvalue weighted by molar-refractivity contribution is 5.59. The van der Waals surface area contributed by atoms with Crippen molar-refractivity contribution in [2.75, 3.05) is 0 Å². The lowest BCUT2D eigenvalue weighted by molar-refractivity contribution is 0.873. The van der Waals surface area contributed by atoms with Gasteiger partial charge in [0.25, 0.3) is 0 Å². The molecular formula is C10H8N5. The van der Waals surface area contributed by atoms with E-state index in [2.05, 4.69) is 21.3 Å². The van der Waals surface area contributed by atoms with Crippen LogP contribution in [-0.4, -0.2) is 24.1 Å². The molecule has 3 heterocycles. The van der Waals surface area contributed by atoms with Crippen molar-refractivity contribution in [3.63, 3.8) is 0 Å². The largest absolute Gasteiger partial charge is 0.296 e. The Morgan fingerprint density at radius 2 is 2.33 bits per heavy atom. The standard InChI is InChI=1S/C10H8N5/c1-8-4-9(15-7-11-6-13-15)10-12-2-3-14(10)5-8/h2,4-7H,1H3. The molecule has 3 aromatic rings. The zero-order valence-electron chi connectivity index (χ0n) is 8.12. The van der Waals surface area contributed by atoms with E-state index in [1.807, 2.05) is 23.6 Å².